The Morgan fingerprint density at radius 3 is 2.43 bits per heavy atom. The predicted molar refractivity (Wildman–Crippen MR) is 75.4 cm³/mol. The second kappa shape index (κ2) is 4.59. The minimum Gasteiger partial charge on any atom is -0.512 e. The predicted octanol–water partition coefficient (Wildman–Crippen LogP) is 2.53. The van der Waals surface area contributed by atoms with Crippen LogP contribution >= 0.6 is 0 Å². The molecule has 6 heteroatoms. The van der Waals surface area contributed by atoms with Crippen LogP contribution in [0.4, 0.5) is 0 Å². The van der Waals surface area contributed by atoms with E-state index in [0.29, 0.717) is 18.4 Å². The zero-order valence-electron chi connectivity index (χ0n) is 10.8. The van der Waals surface area contributed by atoms with Crippen LogP contribution < -0.4 is 5.43 Å². The van der Waals surface area contributed by atoms with Gasteiger partial charge in [-0.2, -0.15) is 0 Å². The zero-order chi connectivity index (χ0) is 15.1. The number of aromatic hydroxyl groups is 3. The Hall–Kier alpha value is -2.89. The van der Waals surface area contributed by atoms with E-state index in [-0.39, 0.29) is 28.2 Å². The van der Waals surface area contributed by atoms with Crippen LogP contribution in [0, 0.1) is 0 Å². The van der Waals surface area contributed by atoms with E-state index in [1.807, 2.05) is 0 Å². The fourth-order valence-corrected chi connectivity index (χ4v) is 2.31. The minimum atomic E-state index is -0.775. The number of aliphatic hydroxyl groups is 1. The standard InChI is InChI=1S/C15H12O6/c16-8-3-1-7(2-4-8)15-14(20)13(19)12-10(18)5-9(17)6-11(12)21-15/h1,3,5-6,16-18,20H,2,4H2. The molecule has 0 bridgehead atoms. The number of hydrogen-bond acceptors (Lipinski definition) is 6. The number of fused-ring (bicyclic) bond motifs is 1. The molecule has 0 radical (unpaired) electrons. The lowest BCUT2D eigenvalue weighted by Crippen LogP contribution is -2.05. The smallest absolute Gasteiger partial charge is 0.238 e. The Balaban J connectivity index is 2.31. The van der Waals surface area contributed by atoms with Gasteiger partial charge in [0.05, 0.1) is 5.76 Å². The molecule has 0 spiro atoms. The highest BCUT2D eigenvalue weighted by atomic mass is 16.4. The summed E-state index contributed by atoms with van der Waals surface area (Å²) in [5.41, 5.74) is -0.250. The fraction of sp³-hybridized carbons (Fsp3) is 0.133. The van der Waals surface area contributed by atoms with Crippen LogP contribution in [-0.2, 0) is 0 Å². The molecule has 1 heterocycles. The average Bonchev–Trinajstić information content (AvgIpc) is 2.43. The largest absolute Gasteiger partial charge is 0.512 e. The molecule has 0 unspecified atom stereocenters. The third-order valence-electron chi connectivity index (χ3n) is 3.35. The van der Waals surface area contributed by atoms with Crippen molar-refractivity contribution in [2.75, 3.05) is 0 Å². The molecule has 1 aromatic heterocycles. The molecule has 0 saturated heterocycles. The maximum absolute atomic E-state index is 12.1. The van der Waals surface area contributed by atoms with Crippen molar-refractivity contribution in [1.82, 2.24) is 0 Å². The number of phenols is 2. The Morgan fingerprint density at radius 1 is 1.00 bits per heavy atom. The monoisotopic (exact) mass is 288 g/mol. The minimum absolute atomic E-state index is 0.0232. The van der Waals surface area contributed by atoms with Crippen LogP contribution in [0.25, 0.3) is 16.5 Å². The summed E-state index contributed by atoms with van der Waals surface area (Å²) in [5, 5.41) is 38.3. The molecular weight excluding hydrogens is 276 g/mol. The van der Waals surface area contributed by atoms with Crippen LogP contribution in [0.1, 0.15) is 18.6 Å². The van der Waals surface area contributed by atoms with Crippen molar-refractivity contribution >= 4 is 16.5 Å². The van der Waals surface area contributed by atoms with Gasteiger partial charge in [0, 0.05) is 18.6 Å². The zero-order valence-corrected chi connectivity index (χ0v) is 10.8. The second-order valence-electron chi connectivity index (χ2n) is 4.80. The van der Waals surface area contributed by atoms with Crippen molar-refractivity contribution in [1.29, 1.82) is 0 Å². The molecule has 0 aliphatic heterocycles. The molecule has 3 rings (SSSR count). The van der Waals surface area contributed by atoms with Gasteiger partial charge in [0.25, 0.3) is 0 Å². The van der Waals surface area contributed by atoms with Gasteiger partial charge in [-0.15, -0.1) is 0 Å². The van der Waals surface area contributed by atoms with Crippen molar-refractivity contribution in [3.63, 3.8) is 0 Å². The summed E-state index contributed by atoms with van der Waals surface area (Å²) in [7, 11) is 0. The van der Waals surface area contributed by atoms with E-state index in [0.717, 1.165) is 6.07 Å². The van der Waals surface area contributed by atoms with Crippen molar-refractivity contribution < 1.29 is 24.8 Å². The number of phenolic OH excluding ortho intramolecular Hbond substituents is 2. The van der Waals surface area contributed by atoms with Crippen LogP contribution in [-0.4, -0.2) is 20.4 Å². The van der Waals surface area contributed by atoms with E-state index in [9.17, 15) is 25.2 Å². The number of benzene rings is 1. The van der Waals surface area contributed by atoms with E-state index < -0.39 is 16.9 Å². The summed E-state index contributed by atoms with van der Waals surface area (Å²) in [4.78, 5) is 12.1. The maximum Gasteiger partial charge on any atom is 0.238 e. The molecule has 1 aliphatic rings. The van der Waals surface area contributed by atoms with Crippen molar-refractivity contribution in [2.45, 2.75) is 12.8 Å². The molecule has 2 aromatic rings. The first-order valence-electron chi connectivity index (χ1n) is 6.28. The molecule has 6 nitrogen and oxygen atoms in total. The third-order valence-corrected chi connectivity index (χ3v) is 3.35. The Kier molecular flexibility index (Phi) is 2.86. The summed E-state index contributed by atoms with van der Waals surface area (Å²) >= 11 is 0. The van der Waals surface area contributed by atoms with Crippen LogP contribution in [0.2, 0.25) is 0 Å². The second-order valence-corrected chi connectivity index (χ2v) is 4.80. The van der Waals surface area contributed by atoms with Gasteiger partial charge in [0.15, 0.2) is 5.76 Å². The fourth-order valence-electron chi connectivity index (χ4n) is 2.31. The summed E-state index contributed by atoms with van der Waals surface area (Å²) in [6, 6.07) is 2.19. The molecule has 0 saturated carbocycles. The summed E-state index contributed by atoms with van der Waals surface area (Å²) in [5.74, 6) is -1.15. The van der Waals surface area contributed by atoms with Crippen LogP contribution in [0.3, 0.4) is 0 Å². The maximum atomic E-state index is 12.1. The normalized spacial score (nSPS) is 14.9. The molecule has 0 fully saturated rings. The number of rotatable bonds is 1. The third kappa shape index (κ3) is 2.10. The lowest BCUT2D eigenvalue weighted by Gasteiger charge is -2.12. The van der Waals surface area contributed by atoms with Gasteiger partial charge < -0.3 is 24.8 Å². The highest BCUT2D eigenvalue weighted by Gasteiger charge is 2.21. The molecule has 0 amide bonds. The molecule has 21 heavy (non-hydrogen) atoms. The van der Waals surface area contributed by atoms with Gasteiger partial charge in [-0.05, 0) is 18.1 Å². The van der Waals surface area contributed by atoms with E-state index >= 15 is 0 Å². The number of aliphatic hydroxyl groups excluding tert-OH is 1. The Morgan fingerprint density at radius 2 is 1.76 bits per heavy atom. The molecule has 0 atom stereocenters. The molecule has 4 N–H and O–H groups in total. The SMILES string of the molecule is O=c1c(O)c(C2=CC=C(O)CC2)oc2cc(O)cc(O)c12. The highest BCUT2D eigenvalue weighted by molar-refractivity contribution is 5.87. The highest BCUT2D eigenvalue weighted by Crippen LogP contribution is 2.35. The van der Waals surface area contributed by atoms with E-state index in [4.69, 9.17) is 4.42 Å². The van der Waals surface area contributed by atoms with Crippen molar-refractivity contribution in [3.05, 3.63) is 46.0 Å². The summed E-state index contributed by atoms with van der Waals surface area (Å²) in [6.07, 6.45) is 3.78. The van der Waals surface area contributed by atoms with E-state index in [2.05, 4.69) is 0 Å². The van der Waals surface area contributed by atoms with Gasteiger partial charge in [-0.1, -0.05) is 6.08 Å². The first-order chi connectivity index (χ1) is 9.97. The van der Waals surface area contributed by atoms with Gasteiger partial charge >= 0.3 is 0 Å². The molecule has 1 aliphatic carbocycles. The Bertz CT molecular complexity index is 857. The van der Waals surface area contributed by atoms with Crippen molar-refractivity contribution in [3.8, 4) is 17.2 Å². The average molecular weight is 288 g/mol. The molecular formula is C15H12O6. The summed E-state index contributed by atoms with van der Waals surface area (Å²) in [6.45, 7) is 0. The van der Waals surface area contributed by atoms with Gasteiger partial charge in [-0.25, -0.2) is 0 Å². The number of allylic oxidation sites excluding steroid dienone is 4. The van der Waals surface area contributed by atoms with E-state index in [1.54, 1.807) is 6.08 Å². The topological polar surface area (TPSA) is 111 Å². The van der Waals surface area contributed by atoms with Gasteiger partial charge in [0.1, 0.15) is 22.5 Å². The van der Waals surface area contributed by atoms with Gasteiger partial charge in [0.2, 0.25) is 11.2 Å². The first kappa shape index (κ1) is 13.1. The first-order valence-corrected chi connectivity index (χ1v) is 6.28. The Labute approximate surface area is 118 Å². The van der Waals surface area contributed by atoms with E-state index in [1.165, 1.54) is 12.1 Å². The van der Waals surface area contributed by atoms with Crippen LogP contribution in [0.5, 0.6) is 17.2 Å². The van der Waals surface area contributed by atoms with Crippen LogP contribution in [0.15, 0.2) is 39.3 Å². The lowest BCUT2D eigenvalue weighted by molar-refractivity contribution is 0.387. The molecule has 108 valence electrons. The quantitative estimate of drug-likeness (QED) is 0.641. The number of hydrogen-bond donors (Lipinski definition) is 4. The molecule has 1 aromatic carbocycles. The van der Waals surface area contributed by atoms with Gasteiger partial charge in [-0.3, -0.25) is 4.79 Å². The van der Waals surface area contributed by atoms with Crippen molar-refractivity contribution in [2.24, 2.45) is 0 Å². The summed E-state index contributed by atoms with van der Waals surface area (Å²) < 4.78 is 5.46. The lowest BCUT2D eigenvalue weighted by atomic mass is 10.00.